The Morgan fingerprint density at radius 1 is 1.25 bits per heavy atom. The normalized spacial score (nSPS) is 11.2. The minimum atomic E-state index is -0.360. The third-order valence-corrected chi connectivity index (χ3v) is 4.87. The number of aryl methyl sites for hydroxylation is 1. The summed E-state index contributed by atoms with van der Waals surface area (Å²) in [5.74, 6) is 0.938. The summed E-state index contributed by atoms with van der Waals surface area (Å²) in [6, 6.07) is 11.1. The second kappa shape index (κ2) is 7.71. The molecule has 0 radical (unpaired) electrons. The molecule has 0 fully saturated rings. The van der Waals surface area contributed by atoms with Crippen molar-refractivity contribution >= 4 is 51.3 Å². The summed E-state index contributed by atoms with van der Waals surface area (Å²) < 4.78 is 6.83. The van der Waals surface area contributed by atoms with Crippen molar-refractivity contribution in [3.63, 3.8) is 0 Å². The van der Waals surface area contributed by atoms with E-state index < -0.39 is 0 Å². The van der Waals surface area contributed by atoms with Crippen molar-refractivity contribution in [2.75, 3.05) is 5.32 Å². The summed E-state index contributed by atoms with van der Waals surface area (Å²) in [4.78, 5) is 12.7. The van der Waals surface area contributed by atoms with Crippen LogP contribution in [0.25, 0.3) is 21.6 Å². The second-order valence-corrected chi connectivity index (χ2v) is 7.05. The van der Waals surface area contributed by atoms with Crippen LogP contribution in [-0.2, 0) is 4.79 Å². The number of amides is 1. The fraction of sp³-hybridized carbons (Fsp3) is 0.0556. The van der Waals surface area contributed by atoms with Crippen LogP contribution in [-0.4, -0.2) is 30.8 Å². The van der Waals surface area contributed by atoms with Crippen LogP contribution in [0.2, 0.25) is 0 Å². The topological polar surface area (TPSA) is 97.3 Å². The molecule has 8 nitrogen and oxygen atoms in total. The van der Waals surface area contributed by atoms with Crippen molar-refractivity contribution in [2.45, 2.75) is 6.92 Å². The number of carbonyl (C=O) groups excluding carboxylic acids is 1. The first-order valence-corrected chi connectivity index (χ1v) is 9.44. The number of hydrogen-bond donors (Lipinski definition) is 2. The van der Waals surface area contributed by atoms with E-state index in [1.807, 2.05) is 31.2 Å². The summed E-state index contributed by atoms with van der Waals surface area (Å²) in [5.41, 5.74) is 1.57. The lowest BCUT2D eigenvalue weighted by molar-refractivity contribution is -0.115. The van der Waals surface area contributed by atoms with Gasteiger partial charge in [0.1, 0.15) is 10.8 Å². The molecule has 3 heterocycles. The lowest BCUT2D eigenvalue weighted by atomic mass is 10.2. The van der Waals surface area contributed by atoms with Gasteiger partial charge in [0.2, 0.25) is 10.9 Å². The number of furan rings is 1. The zero-order chi connectivity index (χ0) is 19.5. The molecule has 3 aromatic heterocycles. The van der Waals surface area contributed by atoms with Crippen molar-refractivity contribution in [1.82, 2.24) is 25.1 Å². The van der Waals surface area contributed by atoms with Crippen molar-refractivity contribution in [3.05, 3.63) is 60.3 Å². The summed E-state index contributed by atoms with van der Waals surface area (Å²) in [6.07, 6.45) is 4.45. The fourth-order valence-corrected chi connectivity index (χ4v) is 3.59. The quantitative estimate of drug-likeness (QED) is 0.394. The molecule has 0 aliphatic carbocycles. The number of aromatic nitrogens is 4. The van der Waals surface area contributed by atoms with E-state index in [2.05, 4.69) is 25.9 Å². The number of benzene rings is 1. The Bertz CT molecular complexity index is 1180. The first-order chi connectivity index (χ1) is 13.6. The summed E-state index contributed by atoms with van der Waals surface area (Å²) in [7, 11) is 0. The molecule has 0 saturated carbocycles. The van der Waals surface area contributed by atoms with Crippen LogP contribution in [0.5, 0.6) is 0 Å². The van der Waals surface area contributed by atoms with E-state index in [4.69, 9.17) is 16.6 Å². The van der Waals surface area contributed by atoms with Gasteiger partial charge in [-0.05, 0) is 49.5 Å². The first-order valence-electron chi connectivity index (χ1n) is 8.22. The van der Waals surface area contributed by atoms with Gasteiger partial charge in [-0.3, -0.25) is 10.1 Å². The summed E-state index contributed by atoms with van der Waals surface area (Å²) in [5, 5.41) is 19.2. The van der Waals surface area contributed by atoms with Crippen LogP contribution in [0.4, 0.5) is 5.69 Å². The van der Waals surface area contributed by atoms with E-state index in [1.54, 1.807) is 22.7 Å². The van der Waals surface area contributed by atoms with Gasteiger partial charge in [-0.15, -0.1) is 10.2 Å². The van der Waals surface area contributed by atoms with E-state index in [0.717, 1.165) is 16.3 Å². The Morgan fingerprint density at radius 2 is 2.11 bits per heavy atom. The van der Waals surface area contributed by atoms with Gasteiger partial charge in [0.15, 0.2) is 10.9 Å². The zero-order valence-corrected chi connectivity index (χ0v) is 16.3. The highest BCUT2D eigenvalue weighted by Gasteiger charge is 2.14. The number of rotatable bonds is 4. The van der Waals surface area contributed by atoms with Crippen LogP contribution < -0.4 is 10.6 Å². The van der Waals surface area contributed by atoms with Crippen LogP contribution in [0.15, 0.2) is 53.2 Å². The van der Waals surface area contributed by atoms with Crippen molar-refractivity contribution in [1.29, 1.82) is 0 Å². The SMILES string of the molecule is Cc1nnc2sc(-c3ccccc3NC(=S)NC(=O)C=Cc3ccco3)nn12. The number of carbonyl (C=O) groups is 1. The number of nitrogens with zero attached hydrogens (tertiary/aromatic N) is 4. The number of para-hydroxylation sites is 1. The molecule has 140 valence electrons. The molecule has 10 heteroatoms. The number of hydrogen-bond acceptors (Lipinski definition) is 7. The third kappa shape index (κ3) is 3.82. The lowest BCUT2D eigenvalue weighted by Crippen LogP contribution is -2.32. The summed E-state index contributed by atoms with van der Waals surface area (Å²) in [6.45, 7) is 1.84. The molecule has 1 aromatic carbocycles. The van der Waals surface area contributed by atoms with Gasteiger partial charge < -0.3 is 9.73 Å². The molecule has 0 atom stereocenters. The zero-order valence-electron chi connectivity index (χ0n) is 14.6. The average molecular weight is 410 g/mol. The van der Waals surface area contributed by atoms with E-state index in [1.165, 1.54) is 23.7 Å². The molecule has 2 N–H and O–H groups in total. The average Bonchev–Trinajstić information content (AvgIpc) is 3.40. The van der Waals surface area contributed by atoms with Crippen LogP contribution in [0.3, 0.4) is 0 Å². The van der Waals surface area contributed by atoms with Crippen LogP contribution in [0, 0.1) is 6.92 Å². The predicted octanol–water partition coefficient (Wildman–Crippen LogP) is 3.28. The van der Waals surface area contributed by atoms with E-state index in [0.29, 0.717) is 16.5 Å². The van der Waals surface area contributed by atoms with Crippen LogP contribution >= 0.6 is 23.6 Å². The molecule has 0 bridgehead atoms. The minimum absolute atomic E-state index is 0.181. The molecule has 4 rings (SSSR count). The lowest BCUT2D eigenvalue weighted by Gasteiger charge is -2.11. The predicted molar refractivity (Wildman–Crippen MR) is 111 cm³/mol. The number of nitrogens with one attached hydrogen (secondary N) is 2. The standard InChI is InChI=1S/C18H14N6O2S2/c1-11-21-22-18-24(11)23-16(28-18)13-6-2-3-7-14(13)19-17(27)20-15(25)9-8-12-5-4-10-26-12/h2-10H,1H3,(H2,19,20,25,27). The van der Waals surface area contributed by atoms with E-state index >= 15 is 0 Å². The Balaban J connectivity index is 1.49. The van der Waals surface area contributed by atoms with Crippen molar-refractivity contribution < 1.29 is 9.21 Å². The Hall–Kier alpha value is -3.37. The highest BCUT2D eigenvalue weighted by molar-refractivity contribution is 7.80. The third-order valence-electron chi connectivity index (χ3n) is 3.73. The highest BCUT2D eigenvalue weighted by Crippen LogP contribution is 2.31. The molecular weight excluding hydrogens is 396 g/mol. The molecule has 0 spiro atoms. The largest absolute Gasteiger partial charge is 0.465 e. The Morgan fingerprint density at radius 3 is 2.89 bits per heavy atom. The van der Waals surface area contributed by atoms with Gasteiger partial charge in [-0.25, -0.2) is 0 Å². The molecule has 0 saturated heterocycles. The number of anilines is 1. The first kappa shape index (κ1) is 18.0. The Labute approximate surface area is 168 Å². The Kier molecular flexibility index (Phi) is 4.96. The van der Waals surface area contributed by atoms with Gasteiger partial charge >= 0.3 is 0 Å². The monoisotopic (exact) mass is 410 g/mol. The molecule has 1 amide bonds. The van der Waals surface area contributed by atoms with Gasteiger partial charge in [0.25, 0.3) is 0 Å². The van der Waals surface area contributed by atoms with Gasteiger partial charge in [-0.2, -0.15) is 9.61 Å². The molecule has 0 aliphatic rings. The van der Waals surface area contributed by atoms with Gasteiger partial charge in [-0.1, -0.05) is 23.5 Å². The number of fused-ring (bicyclic) bond motifs is 1. The second-order valence-electron chi connectivity index (χ2n) is 5.69. The maximum absolute atomic E-state index is 12.0. The molecule has 28 heavy (non-hydrogen) atoms. The van der Waals surface area contributed by atoms with Crippen molar-refractivity contribution in [2.24, 2.45) is 0 Å². The highest BCUT2D eigenvalue weighted by atomic mass is 32.1. The van der Waals surface area contributed by atoms with Gasteiger partial charge in [0.05, 0.1) is 12.0 Å². The number of thiocarbonyl (C=S) groups is 1. The van der Waals surface area contributed by atoms with E-state index in [-0.39, 0.29) is 11.0 Å². The molecule has 0 aliphatic heterocycles. The maximum Gasteiger partial charge on any atom is 0.250 e. The molecular formula is C18H14N6O2S2. The maximum atomic E-state index is 12.0. The smallest absolute Gasteiger partial charge is 0.250 e. The molecule has 4 aromatic rings. The van der Waals surface area contributed by atoms with E-state index in [9.17, 15) is 4.79 Å². The van der Waals surface area contributed by atoms with Gasteiger partial charge in [0, 0.05) is 11.6 Å². The molecule has 0 unspecified atom stereocenters. The minimum Gasteiger partial charge on any atom is -0.465 e. The fourth-order valence-electron chi connectivity index (χ4n) is 2.45. The summed E-state index contributed by atoms with van der Waals surface area (Å²) >= 11 is 6.68. The van der Waals surface area contributed by atoms with Crippen molar-refractivity contribution in [3.8, 4) is 10.6 Å². The van der Waals surface area contributed by atoms with Crippen LogP contribution in [0.1, 0.15) is 11.6 Å².